The van der Waals surface area contributed by atoms with Crippen LogP contribution < -0.4 is 4.90 Å². The Morgan fingerprint density at radius 1 is 0.359 bits per heavy atom. The van der Waals surface area contributed by atoms with E-state index in [4.69, 9.17) is 4.42 Å². The predicted molar refractivity (Wildman–Crippen MR) is 265 cm³/mol. The van der Waals surface area contributed by atoms with Crippen LogP contribution in [0.5, 0.6) is 0 Å². The number of anilines is 3. The third-order valence-corrected chi connectivity index (χ3v) is 13.4. The molecule has 10 aromatic carbocycles. The van der Waals surface area contributed by atoms with Crippen LogP contribution in [0.4, 0.5) is 17.1 Å². The smallest absolute Gasteiger partial charge is 0.143 e. The summed E-state index contributed by atoms with van der Waals surface area (Å²) in [4.78, 5) is 2.42. The van der Waals surface area contributed by atoms with E-state index in [1.165, 1.54) is 55.2 Å². The molecule has 12 aromatic rings. The molecule has 0 radical (unpaired) electrons. The van der Waals surface area contributed by atoms with Crippen molar-refractivity contribution < 1.29 is 4.42 Å². The minimum Gasteiger partial charge on any atom is -0.455 e. The van der Waals surface area contributed by atoms with Crippen LogP contribution in [0.3, 0.4) is 0 Å². The number of rotatable bonds is 7. The van der Waals surface area contributed by atoms with Gasteiger partial charge in [-0.25, -0.2) is 0 Å². The molecule has 0 N–H and O–H groups in total. The standard InChI is InChI=1S/C61H40N2O/c1-3-19-42(20-4-1)61(43-21-5-2-6-22-43)55-32-11-7-26-49(55)54-40-47(36-37-56(54)61)62(44-23-15-18-41(38-44)48-30-17-31-53-52-29-10-14-35-59(52)64-60(48)53)45-24-16-25-46(39-45)63-57-33-12-8-27-50(57)51-28-9-13-34-58(51)63/h1-40H. The van der Waals surface area contributed by atoms with Gasteiger partial charge in [-0.3, -0.25) is 0 Å². The third-order valence-electron chi connectivity index (χ3n) is 13.4. The summed E-state index contributed by atoms with van der Waals surface area (Å²) in [6.45, 7) is 0. The Morgan fingerprint density at radius 2 is 0.906 bits per heavy atom. The van der Waals surface area contributed by atoms with Crippen LogP contribution in [0.25, 0.3) is 71.7 Å². The molecule has 0 amide bonds. The molecule has 0 unspecified atom stereocenters. The number of hydrogen-bond donors (Lipinski definition) is 0. The topological polar surface area (TPSA) is 21.3 Å². The van der Waals surface area contributed by atoms with E-state index in [9.17, 15) is 0 Å². The Morgan fingerprint density at radius 3 is 1.66 bits per heavy atom. The Hall–Kier alpha value is -8.40. The van der Waals surface area contributed by atoms with Gasteiger partial charge in [-0.2, -0.15) is 0 Å². The first kappa shape index (κ1) is 36.3. The quantitative estimate of drug-likeness (QED) is 0.160. The molecule has 0 saturated heterocycles. The summed E-state index contributed by atoms with van der Waals surface area (Å²) in [6, 6.07) is 88.3. The molecule has 300 valence electrons. The van der Waals surface area contributed by atoms with E-state index in [-0.39, 0.29) is 0 Å². The maximum absolute atomic E-state index is 6.59. The third kappa shape index (κ3) is 5.34. The van der Waals surface area contributed by atoms with Gasteiger partial charge in [0.15, 0.2) is 0 Å². The lowest BCUT2D eigenvalue weighted by atomic mass is 9.68. The van der Waals surface area contributed by atoms with Gasteiger partial charge >= 0.3 is 0 Å². The van der Waals surface area contributed by atoms with Crippen LogP contribution in [0.2, 0.25) is 0 Å². The molecule has 1 aliphatic carbocycles. The van der Waals surface area contributed by atoms with E-state index in [1.54, 1.807) is 0 Å². The summed E-state index contributed by atoms with van der Waals surface area (Å²) in [5.41, 5.74) is 17.6. The normalized spacial score (nSPS) is 12.8. The molecular formula is C61H40N2O. The highest BCUT2D eigenvalue weighted by Gasteiger charge is 2.46. The number of benzene rings is 10. The highest BCUT2D eigenvalue weighted by molar-refractivity contribution is 6.10. The van der Waals surface area contributed by atoms with Crippen molar-refractivity contribution in [1.29, 1.82) is 0 Å². The van der Waals surface area contributed by atoms with Crippen molar-refractivity contribution in [2.45, 2.75) is 5.41 Å². The molecule has 3 nitrogen and oxygen atoms in total. The van der Waals surface area contributed by atoms with Crippen LogP contribution >= 0.6 is 0 Å². The first-order valence-corrected chi connectivity index (χ1v) is 22.0. The SMILES string of the molecule is c1ccc(C2(c3ccccc3)c3ccccc3-c3cc(N(c4cccc(-c5cccc6c5oc5ccccc56)c4)c4cccc(-n5c6ccccc6c6ccccc65)c4)ccc32)cc1. The van der Waals surface area contributed by atoms with Gasteiger partial charge in [0.25, 0.3) is 0 Å². The van der Waals surface area contributed by atoms with Crippen molar-refractivity contribution >= 4 is 60.8 Å². The number of fused-ring (bicyclic) bond motifs is 9. The van der Waals surface area contributed by atoms with Crippen LogP contribution in [0.15, 0.2) is 247 Å². The van der Waals surface area contributed by atoms with Gasteiger partial charge < -0.3 is 13.9 Å². The summed E-state index contributed by atoms with van der Waals surface area (Å²) in [5.74, 6) is 0. The summed E-state index contributed by atoms with van der Waals surface area (Å²) < 4.78 is 9.00. The molecule has 64 heavy (non-hydrogen) atoms. The summed E-state index contributed by atoms with van der Waals surface area (Å²) in [5, 5.41) is 4.72. The van der Waals surface area contributed by atoms with Crippen LogP contribution in [-0.2, 0) is 5.41 Å². The van der Waals surface area contributed by atoms with Gasteiger partial charge in [0.2, 0.25) is 0 Å². The number of para-hydroxylation sites is 4. The van der Waals surface area contributed by atoms with Gasteiger partial charge in [-0.15, -0.1) is 0 Å². The Bertz CT molecular complexity index is 3650. The van der Waals surface area contributed by atoms with Crippen molar-refractivity contribution in [2.75, 3.05) is 4.90 Å². The molecule has 3 heteroatoms. The van der Waals surface area contributed by atoms with Crippen molar-refractivity contribution in [3.63, 3.8) is 0 Å². The van der Waals surface area contributed by atoms with E-state index in [2.05, 4.69) is 246 Å². The lowest BCUT2D eigenvalue weighted by molar-refractivity contribution is 0.670. The fraction of sp³-hybridized carbons (Fsp3) is 0.0164. The Kier molecular flexibility index (Phi) is 8.13. The van der Waals surface area contributed by atoms with E-state index >= 15 is 0 Å². The second-order valence-corrected chi connectivity index (χ2v) is 16.8. The monoisotopic (exact) mass is 816 g/mol. The first-order valence-electron chi connectivity index (χ1n) is 22.0. The maximum Gasteiger partial charge on any atom is 0.143 e. The van der Waals surface area contributed by atoms with Crippen LogP contribution in [0.1, 0.15) is 22.3 Å². The summed E-state index contributed by atoms with van der Waals surface area (Å²) in [7, 11) is 0. The second-order valence-electron chi connectivity index (χ2n) is 16.8. The molecule has 0 fully saturated rings. The molecule has 1 aliphatic rings. The largest absolute Gasteiger partial charge is 0.455 e. The number of hydrogen-bond acceptors (Lipinski definition) is 2. The molecular weight excluding hydrogens is 777 g/mol. The first-order chi connectivity index (χ1) is 31.8. The predicted octanol–water partition coefficient (Wildman–Crippen LogP) is 16.2. The minimum atomic E-state index is -0.487. The zero-order valence-corrected chi connectivity index (χ0v) is 34.9. The van der Waals surface area contributed by atoms with E-state index in [0.717, 1.165) is 55.8 Å². The van der Waals surface area contributed by atoms with E-state index in [0.29, 0.717) is 0 Å². The fourth-order valence-corrected chi connectivity index (χ4v) is 10.8. The van der Waals surface area contributed by atoms with Crippen molar-refractivity contribution in [1.82, 2.24) is 4.57 Å². The molecule has 0 atom stereocenters. The molecule has 0 saturated carbocycles. The molecule has 0 aliphatic heterocycles. The highest BCUT2D eigenvalue weighted by atomic mass is 16.3. The summed E-state index contributed by atoms with van der Waals surface area (Å²) in [6.07, 6.45) is 0. The van der Waals surface area contributed by atoms with Gasteiger partial charge in [-0.1, -0.05) is 182 Å². The van der Waals surface area contributed by atoms with Crippen LogP contribution in [-0.4, -0.2) is 4.57 Å². The maximum atomic E-state index is 6.59. The van der Waals surface area contributed by atoms with Gasteiger partial charge in [-0.05, 0) is 99.6 Å². The van der Waals surface area contributed by atoms with Crippen molar-refractivity contribution in [3.8, 4) is 27.9 Å². The fourth-order valence-electron chi connectivity index (χ4n) is 10.8. The average Bonchev–Trinajstić information content (AvgIpc) is 4.01. The van der Waals surface area contributed by atoms with Gasteiger partial charge in [0.05, 0.1) is 16.4 Å². The molecule has 2 heterocycles. The molecule has 2 aromatic heterocycles. The second kappa shape index (κ2) is 14.3. The average molecular weight is 817 g/mol. The Labute approximate surface area is 371 Å². The molecule has 13 rings (SSSR count). The number of nitrogens with zero attached hydrogens (tertiary/aromatic N) is 2. The summed E-state index contributed by atoms with van der Waals surface area (Å²) >= 11 is 0. The zero-order valence-electron chi connectivity index (χ0n) is 34.9. The van der Waals surface area contributed by atoms with Crippen molar-refractivity contribution in [2.24, 2.45) is 0 Å². The highest BCUT2D eigenvalue weighted by Crippen LogP contribution is 2.57. The molecule has 0 bridgehead atoms. The van der Waals surface area contributed by atoms with Crippen molar-refractivity contribution in [3.05, 3.63) is 265 Å². The van der Waals surface area contributed by atoms with Crippen LogP contribution in [0, 0.1) is 0 Å². The van der Waals surface area contributed by atoms with Gasteiger partial charge in [0.1, 0.15) is 11.2 Å². The Balaban J connectivity index is 1.05. The zero-order chi connectivity index (χ0) is 42.2. The molecule has 0 spiro atoms. The van der Waals surface area contributed by atoms with E-state index in [1.807, 2.05) is 6.07 Å². The number of aromatic nitrogens is 1. The lowest BCUT2D eigenvalue weighted by Gasteiger charge is -2.34. The van der Waals surface area contributed by atoms with E-state index < -0.39 is 5.41 Å². The number of furan rings is 1. The minimum absolute atomic E-state index is 0.487. The van der Waals surface area contributed by atoms with Gasteiger partial charge in [0, 0.05) is 49.9 Å². The lowest BCUT2D eigenvalue weighted by Crippen LogP contribution is -2.28.